The molecule has 2 N–H and O–H groups in total. The minimum Gasteiger partial charge on any atom is -0.380 e. The largest absolute Gasteiger partial charge is 0.380 e. The van der Waals surface area contributed by atoms with Crippen molar-refractivity contribution in [1.82, 2.24) is 4.90 Å². The topological polar surface area (TPSA) is 38.5 Å². The summed E-state index contributed by atoms with van der Waals surface area (Å²) in [5.74, 6) is 0.681. The summed E-state index contributed by atoms with van der Waals surface area (Å²) < 4.78 is 5.15. The first-order valence-electron chi connectivity index (χ1n) is 7.19. The van der Waals surface area contributed by atoms with Crippen molar-refractivity contribution in [3.8, 4) is 0 Å². The Hall–Kier alpha value is -0.900. The summed E-state index contributed by atoms with van der Waals surface area (Å²) in [6, 6.07) is 9.34. The van der Waals surface area contributed by atoms with Gasteiger partial charge in [0, 0.05) is 32.3 Å². The molecule has 0 saturated carbocycles. The van der Waals surface area contributed by atoms with Crippen LogP contribution in [0, 0.1) is 5.92 Å². The molecule has 2 unspecified atom stereocenters. The summed E-state index contributed by atoms with van der Waals surface area (Å²) in [5, 5.41) is 0. The lowest BCUT2D eigenvalue weighted by Crippen LogP contribution is -2.33. The molecule has 0 aliphatic carbocycles. The van der Waals surface area contributed by atoms with Crippen molar-refractivity contribution in [2.75, 3.05) is 20.2 Å². The Morgan fingerprint density at radius 3 is 2.58 bits per heavy atom. The second-order valence-corrected chi connectivity index (χ2v) is 5.96. The predicted molar refractivity (Wildman–Crippen MR) is 78.9 cm³/mol. The highest BCUT2D eigenvalue weighted by atomic mass is 16.5. The highest BCUT2D eigenvalue weighted by molar-refractivity contribution is 5.26. The molecule has 0 spiro atoms. The third-order valence-electron chi connectivity index (χ3n) is 3.78. The number of methoxy groups -OCH3 is 1. The first kappa shape index (κ1) is 14.5. The molecule has 3 heteroatoms. The fourth-order valence-corrected chi connectivity index (χ4v) is 2.99. The monoisotopic (exact) mass is 262 g/mol. The van der Waals surface area contributed by atoms with Crippen molar-refractivity contribution in [2.24, 2.45) is 11.7 Å². The van der Waals surface area contributed by atoms with Crippen molar-refractivity contribution in [3.63, 3.8) is 0 Å². The van der Waals surface area contributed by atoms with Crippen LogP contribution in [0.4, 0.5) is 0 Å². The fourth-order valence-electron chi connectivity index (χ4n) is 2.99. The number of hydrogen-bond acceptors (Lipinski definition) is 3. The number of rotatable bonds is 5. The maximum absolute atomic E-state index is 6.31. The first-order chi connectivity index (χ1) is 9.11. The molecule has 1 aliphatic rings. The minimum atomic E-state index is 0.257. The normalized spacial score (nSPS) is 24.3. The molecule has 3 nitrogen and oxygen atoms in total. The van der Waals surface area contributed by atoms with Gasteiger partial charge in [-0.15, -0.1) is 0 Å². The third-order valence-corrected chi connectivity index (χ3v) is 3.78. The lowest BCUT2D eigenvalue weighted by molar-refractivity contribution is 0.184. The van der Waals surface area contributed by atoms with E-state index in [2.05, 4.69) is 43.0 Å². The molecule has 0 aromatic heterocycles. The molecule has 2 rings (SSSR count). The SMILES string of the molecule is COCc1ccc(C2C(N)CCN2CC(C)C)cc1. The van der Waals surface area contributed by atoms with Crippen molar-refractivity contribution in [3.05, 3.63) is 35.4 Å². The molecule has 1 saturated heterocycles. The van der Waals surface area contributed by atoms with Crippen molar-refractivity contribution in [2.45, 2.75) is 39.0 Å². The number of ether oxygens (including phenoxy) is 1. The van der Waals surface area contributed by atoms with Crippen LogP contribution in [-0.2, 0) is 11.3 Å². The fraction of sp³-hybridized carbons (Fsp3) is 0.625. The van der Waals surface area contributed by atoms with Gasteiger partial charge in [-0.1, -0.05) is 38.1 Å². The van der Waals surface area contributed by atoms with E-state index in [9.17, 15) is 0 Å². The lowest BCUT2D eigenvalue weighted by Gasteiger charge is -2.28. The summed E-state index contributed by atoms with van der Waals surface area (Å²) in [6.45, 7) is 7.44. The van der Waals surface area contributed by atoms with E-state index in [-0.39, 0.29) is 6.04 Å². The van der Waals surface area contributed by atoms with E-state index in [1.807, 2.05) is 0 Å². The van der Waals surface area contributed by atoms with Crippen LogP contribution in [0.3, 0.4) is 0 Å². The Bertz CT molecular complexity index is 388. The zero-order valence-electron chi connectivity index (χ0n) is 12.3. The van der Waals surface area contributed by atoms with E-state index in [0.29, 0.717) is 18.6 Å². The van der Waals surface area contributed by atoms with Gasteiger partial charge in [0.15, 0.2) is 0 Å². The van der Waals surface area contributed by atoms with Gasteiger partial charge in [-0.05, 0) is 23.5 Å². The molecule has 0 bridgehead atoms. The molecule has 1 fully saturated rings. The number of likely N-dealkylation sites (tertiary alicyclic amines) is 1. The van der Waals surface area contributed by atoms with E-state index >= 15 is 0 Å². The van der Waals surface area contributed by atoms with Crippen molar-refractivity contribution in [1.29, 1.82) is 0 Å². The standard InChI is InChI=1S/C16H26N2O/c1-12(2)10-18-9-8-15(17)16(18)14-6-4-13(5-7-14)11-19-3/h4-7,12,15-16H,8-11,17H2,1-3H3. The Morgan fingerprint density at radius 2 is 2.00 bits per heavy atom. The van der Waals surface area contributed by atoms with Gasteiger partial charge in [-0.2, -0.15) is 0 Å². The molecule has 1 heterocycles. The zero-order valence-corrected chi connectivity index (χ0v) is 12.3. The third kappa shape index (κ3) is 3.56. The quantitative estimate of drug-likeness (QED) is 0.886. The van der Waals surface area contributed by atoms with Gasteiger partial charge >= 0.3 is 0 Å². The second kappa shape index (κ2) is 6.51. The number of hydrogen-bond donors (Lipinski definition) is 1. The van der Waals surface area contributed by atoms with Crippen molar-refractivity contribution < 1.29 is 4.74 Å². The summed E-state index contributed by atoms with van der Waals surface area (Å²) in [5.41, 5.74) is 8.86. The Kier molecular flexibility index (Phi) is 4.97. The average Bonchev–Trinajstić information content (AvgIpc) is 2.71. The van der Waals surface area contributed by atoms with E-state index in [4.69, 9.17) is 10.5 Å². The Labute approximate surface area is 116 Å². The molecule has 0 amide bonds. The number of nitrogens with two attached hydrogens (primary N) is 1. The molecular weight excluding hydrogens is 236 g/mol. The summed E-state index contributed by atoms with van der Waals surface area (Å²) in [6.07, 6.45) is 1.09. The van der Waals surface area contributed by atoms with Gasteiger partial charge in [0.25, 0.3) is 0 Å². The Morgan fingerprint density at radius 1 is 1.32 bits per heavy atom. The highest BCUT2D eigenvalue weighted by Crippen LogP contribution is 2.31. The maximum Gasteiger partial charge on any atom is 0.0713 e. The van der Waals surface area contributed by atoms with E-state index < -0.39 is 0 Å². The number of nitrogens with zero attached hydrogens (tertiary/aromatic N) is 1. The van der Waals surface area contributed by atoms with Crippen LogP contribution in [0.5, 0.6) is 0 Å². The van der Waals surface area contributed by atoms with Crippen molar-refractivity contribution >= 4 is 0 Å². The summed E-state index contributed by atoms with van der Waals surface area (Å²) >= 11 is 0. The number of benzene rings is 1. The zero-order chi connectivity index (χ0) is 13.8. The summed E-state index contributed by atoms with van der Waals surface area (Å²) in [7, 11) is 1.73. The van der Waals surface area contributed by atoms with Gasteiger partial charge in [0.1, 0.15) is 0 Å². The van der Waals surface area contributed by atoms with E-state index in [1.165, 1.54) is 11.1 Å². The second-order valence-electron chi connectivity index (χ2n) is 5.96. The molecule has 19 heavy (non-hydrogen) atoms. The smallest absolute Gasteiger partial charge is 0.0713 e. The lowest BCUT2D eigenvalue weighted by atomic mass is 9.99. The van der Waals surface area contributed by atoms with E-state index in [1.54, 1.807) is 7.11 Å². The highest BCUT2D eigenvalue weighted by Gasteiger charge is 2.32. The van der Waals surface area contributed by atoms with Gasteiger partial charge in [-0.3, -0.25) is 4.90 Å². The molecular formula is C16H26N2O. The van der Waals surface area contributed by atoms with Crippen LogP contribution in [-0.4, -0.2) is 31.1 Å². The average molecular weight is 262 g/mol. The van der Waals surface area contributed by atoms with Gasteiger partial charge in [-0.25, -0.2) is 0 Å². The van der Waals surface area contributed by atoms with Crippen LogP contribution in [0.25, 0.3) is 0 Å². The van der Waals surface area contributed by atoms with Crippen LogP contribution in [0.1, 0.15) is 37.4 Å². The minimum absolute atomic E-state index is 0.257. The first-order valence-corrected chi connectivity index (χ1v) is 7.19. The van der Waals surface area contributed by atoms with Crippen LogP contribution < -0.4 is 5.73 Å². The molecule has 2 atom stereocenters. The van der Waals surface area contributed by atoms with Crippen LogP contribution in [0.2, 0.25) is 0 Å². The molecule has 1 aliphatic heterocycles. The van der Waals surface area contributed by atoms with Crippen LogP contribution >= 0.6 is 0 Å². The van der Waals surface area contributed by atoms with Crippen LogP contribution in [0.15, 0.2) is 24.3 Å². The molecule has 1 aromatic rings. The molecule has 1 aromatic carbocycles. The van der Waals surface area contributed by atoms with Gasteiger partial charge in [0.05, 0.1) is 6.61 Å². The molecule has 0 radical (unpaired) electrons. The molecule has 106 valence electrons. The van der Waals surface area contributed by atoms with Gasteiger partial charge < -0.3 is 10.5 Å². The Balaban J connectivity index is 2.12. The summed E-state index contributed by atoms with van der Waals surface area (Å²) in [4.78, 5) is 2.53. The maximum atomic E-state index is 6.31. The van der Waals surface area contributed by atoms with Gasteiger partial charge in [0.2, 0.25) is 0 Å². The predicted octanol–water partition coefficient (Wildman–Crippen LogP) is 2.56. The van der Waals surface area contributed by atoms with E-state index in [0.717, 1.165) is 19.5 Å².